The quantitative estimate of drug-likeness (QED) is 0.420. The molecule has 1 aliphatic heterocycles. The first-order chi connectivity index (χ1) is 16.3. The molecular weight excluding hydrogens is 456 g/mol. The molecule has 1 aromatic heterocycles. The molecule has 34 heavy (non-hydrogen) atoms. The van der Waals surface area contributed by atoms with Crippen LogP contribution in [0.2, 0.25) is 0 Å². The lowest BCUT2D eigenvalue weighted by atomic mass is 9.93. The number of piperidine rings is 1. The van der Waals surface area contributed by atoms with Crippen LogP contribution in [0.3, 0.4) is 0 Å². The second-order valence-corrected chi connectivity index (χ2v) is 8.21. The van der Waals surface area contributed by atoms with Crippen molar-refractivity contribution in [1.82, 2.24) is 14.9 Å². The van der Waals surface area contributed by atoms with Crippen LogP contribution >= 0.6 is 0 Å². The van der Waals surface area contributed by atoms with E-state index in [1.165, 1.54) is 29.2 Å². The number of nitrogens with one attached hydrogen (secondary N) is 1. The van der Waals surface area contributed by atoms with Crippen molar-refractivity contribution < 1.29 is 27.5 Å². The lowest BCUT2D eigenvalue weighted by Crippen LogP contribution is -2.48. The van der Waals surface area contributed by atoms with Crippen molar-refractivity contribution in [3.8, 4) is 0 Å². The Morgan fingerprint density at radius 1 is 1.29 bits per heavy atom. The minimum absolute atomic E-state index is 0.0658. The van der Waals surface area contributed by atoms with Crippen molar-refractivity contribution >= 4 is 17.5 Å². The molecule has 2 aromatic rings. The van der Waals surface area contributed by atoms with Crippen LogP contribution in [0.1, 0.15) is 24.0 Å². The molecule has 186 valence electrons. The summed E-state index contributed by atoms with van der Waals surface area (Å²) in [5, 5.41) is 13.3. The van der Waals surface area contributed by atoms with Gasteiger partial charge in [-0.2, -0.15) is 4.39 Å². The molecule has 0 unspecified atom stereocenters. The van der Waals surface area contributed by atoms with Gasteiger partial charge in [-0.05, 0) is 18.5 Å². The molecule has 0 radical (unpaired) electrons. The minimum Gasteiger partial charge on any atom is -0.391 e. The topological polar surface area (TPSA) is 108 Å². The van der Waals surface area contributed by atoms with Crippen molar-refractivity contribution in [2.75, 3.05) is 49.6 Å². The fraction of sp³-hybridized carbons (Fsp3) is 0.500. The van der Waals surface area contributed by atoms with Gasteiger partial charge in [0.2, 0.25) is 11.7 Å². The number of rotatable bonds is 11. The van der Waals surface area contributed by atoms with E-state index in [0.717, 1.165) is 6.33 Å². The number of aliphatic hydroxyl groups excluding tert-OH is 1. The van der Waals surface area contributed by atoms with Gasteiger partial charge in [0.1, 0.15) is 13.0 Å². The number of hydrogen-bond acceptors (Lipinski definition) is 7. The number of likely N-dealkylation sites (tertiary alicyclic amines) is 1. The monoisotopic (exact) mass is 484 g/mol. The number of hydrogen-bond donors (Lipinski definition) is 3. The Morgan fingerprint density at radius 2 is 2.03 bits per heavy atom. The predicted octanol–water partition coefficient (Wildman–Crippen LogP) is 2.11. The SMILES string of the molecule is NC(=O)CN1CC[C@@H](CNc2ncnc(N(CCF)Cc3ccc(C(F)F)cc3)c2F)[C@H](O)C1. The zero-order chi connectivity index (χ0) is 24.7. The lowest BCUT2D eigenvalue weighted by Gasteiger charge is -2.35. The van der Waals surface area contributed by atoms with Gasteiger partial charge in [-0.3, -0.25) is 9.69 Å². The Morgan fingerprint density at radius 3 is 2.65 bits per heavy atom. The molecule has 8 nitrogen and oxygen atoms in total. The highest BCUT2D eigenvalue weighted by molar-refractivity contribution is 5.75. The number of anilines is 2. The molecule has 1 amide bonds. The van der Waals surface area contributed by atoms with E-state index in [9.17, 15) is 23.1 Å². The number of alkyl halides is 3. The molecule has 0 aliphatic carbocycles. The highest BCUT2D eigenvalue weighted by atomic mass is 19.3. The van der Waals surface area contributed by atoms with Crippen LogP contribution in [0, 0.1) is 11.7 Å². The normalized spacial score (nSPS) is 18.8. The van der Waals surface area contributed by atoms with Crippen LogP contribution in [0.5, 0.6) is 0 Å². The van der Waals surface area contributed by atoms with Crippen LogP contribution in [-0.2, 0) is 11.3 Å². The second kappa shape index (κ2) is 11.9. The summed E-state index contributed by atoms with van der Waals surface area (Å²) in [6.07, 6.45) is -1.61. The molecule has 1 aliphatic rings. The zero-order valence-corrected chi connectivity index (χ0v) is 18.5. The van der Waals surface area contributed by atoms with Gasteiger partial charge in [-0.15, -0.1) is 0 Å². The highest BCUT2D eigenvalue weighted by Gasteiger charge is 2.28. The van der Waals surface area contributed by atoms with Crippen molar-refractivity contribution in [2.45, 2.75) is 25.5 Å². The number of nitrogens with two attached hydrogens (primary N) is 1. The molecule has 1 fully saturated rings. The first kappa shape index (κ1) is 25.6. The molecule has 2 heterocycles. The smallest absolute Gasteiger partial charge is 0.263 e. The molecule has 2 atom stereocenters. The van der Waals surface area contributed by atoms with Crippen molar-refractivity contribution in [2.24, 2.45) is 11.7 Å². The van der Waals surface area contributed by atoms with Crippen LogP contribution < -0.4 is 16.0 Å². The number of aliphatic hydroxyl groups is 1. The maximum Gasteiger partial charge on any atom is 0.263 e. The van der Waals surface area contributed by atoms with Gasteiger partial charge in [0.15, 0.2) is 11.6 Å². The fourth-order valence-electron chi connectivity index (χ4n) is 3.93. The molecule has 3 rings (SSSR count). The summed E-state index contributed by atoms with van der Waals surface area (Å²) in [7, 11) is 0. The number of nitrogens with zero attached hydrogens (tertiary/aromatic N) is 4. The average Bonchev–Trinajstić information content (AvgIpc) is 2.79. The Bertz CT molecular complexity index is 949. The molecule has 0 saturated carbocycles. The maximum atomic E-state index is 15.2. The average molecular weight is 484 g/mol. The standard InChI is InChI=1S/C22H28F4N6O2/c23-6-8-32(10-14-1-3-15(4-2-14)20(25)26)22-19(24)21(29-13-30-22)28-9-16-5-7-31(11-17(16)33)12-18(27)34/h1-4,13,16-17,20,33H,5-12H2,(H2,27,34)(H,28,29,30)/t16-,17+/m0/s1. The highest BCUT2D eigenvalue weighted by Crippen LogP contribution is 2.25. The van der Waals surface area contributed by atoms with Crippen LogP contribution in [-0.4, -0.2) is 71.4 Å². The van der Waals surface area contributed by atoms with Crippen molar-refractivity contribution in [3.63, 3.8) is 0 Å². The first-order valence-electron chi connectivity index (χ1n) is 10.9. The third kappa shape index (κ3) is 6.76. The predicted molar refractivity (Wildman–Crippen MR) is 119 cm³/mol. The molecule has 12 heteroatoms. The first-order valence-corrected chi connectivity index (χ1v) is 10.9. The summed E-state index contributed by atoms with van der Waals surface area (Å²) in [6.45, 7) is 0.295. The molecule has 0 bridgehead atoms. The van der Waals surface area contributed by atoms with E-state index in [2.05, 4.69) is 15.3 Å². The summed E-state index contributed by atoms with van der Waals surface area (Å²) in [5.41, 5.74) is 5.65. The number of carbonyl (C=O) groups excluding carboxylic acids is 1. The van der Waals surface area contributed by atoms with Crippen LogP contribution in [0.4, 0.5) is 29.2 Å². The fourth-order valence-corrected chi connectivity index (χ4v) is 3.93. The van der Waals surface area contributed by atoms with E-state index < -0.39 is 30.9 Å². The number of β-amino-alcohol motifs (C(OH)–C–C–N with tert-alkyl or cyclic N) is 1. The van der Waals surface area contributed by atoms with Crippen LogP contribution in [0.15, 0.2) is 30.6 Å². The van der Waals surface area contributed by atoms with Gasteiger partial charge in [-0.25, -0.2) is 23.1 Å². The summed E-state index contributed by atoms with van der Waals surface area (Å²) in [4.78, 5) is 22.1. The molecule has 1 aromatic carbocycles. The lowest BCUT2D eigenvalue weighted by molar-refractivity contribution is -0.120. The van der Waals surface area contributed by atoms with E-state index in [4.69, 9.17) is 5.73 Å². The zero-order valence-electron chi connectivity index (χ0n) is 18.5. The number of carbonyl (C=O) groups is 1. The van der Waals surface area contributed by atoms with E-state index in [0.29, 0.717) is 18.5 Å². The number of halogens is 4. The molecule has 4 N–H and O–H groups in total. The second-order valence-electron chi connectivity index (χ2n) is 8.21. The summed E-state index contributed by atoms with van der Waals surface area (Å²) < 4.78 is 53.9. The third-order valence-electron chi connectivity index (χ3n) is 5.75. The van der Waals surface area contributed by atoms with Gasteiger partial charge in [0.05, 0.1) is 12.6 Å². The van der Waals surface area contributed by atoms with Gasteiger partial charge >= 0.3 is 0 Å². The van der Waals surface area contributed by atoms with E-state index in [1.807, 2.05) is 0 Å². The minimum atomic E-state index is -2.60. The van der Waals surface area contributed by atoms with E-state index >= 15 is 4.39 Å². The van der Waals surface area contributed by atoms with Crippen LogP contribution in [0.25, 0.3) is 0 Å². The van der Waals surface area contributed by atoms with Gasteiger partial charge in [-0.1, -0.05) is 24.3 Å². The van der Waals surface area contributed by atoms with Crippen molar-refractivity contribution in [3.05, 3.63) is 47.5 Å². The number of aromatic nitrogens is 2. The number of primary amides is 1. The molecule has 0 spiro atoms. The largest absolute Gasteiger partial charge is 0.391 e. The van der Waals surface area contributed by atoms with Gasteiger partial charge in [0, 0.05) is 37.7 Å². The molecule has 1 saturated heterocycles. The summed E-state index contributed by atoms with van der Waals surface area (Å²) in [6, 6.07) is 5.52. The maximum absolute atomic E-state index is 15.2. The van der Waals surface area contributed by atoms with Gasteiger partial charge < -0.3 is 21.1 Å². The van der Waals surface area contributed by atoms with E-state index in [1.54, 1.807) is 4.90 Å². The Balaban J connectivity index is 1.66. The Kier molecular flexibility index (Phi) is 8.99. The summed E-state index contributed by atoms with van der Waals surface area (Å²) in [5.74, 6) is -1.65. The summed E-state index contributed by atoms with van der Waals surface area (Å²) >= 11 is 0. The molecular formula is C22H28F4N6O2. The third-order valence-corrected chi connectivity index (χ3v) is 5.75. The Hall–Kier alpha value is -2.99. The van der Waals surface area contributed by atoms with Crippen molar-refractivity contribution in [1.29, 1.82) is 0 Å². The number of benzene rings is 1. The number of amides is 1. The van der Waals surface area contributed by atoms with Gasteiger partial charge in [0.25, 0.3) is 6.43 Å². The Labute approximate surface area is 194 Å². The van der Waals surface area contributed by atoms with E-state index in [-0.39, 0.29) is 55.8 Å².